The molecular formula is C21H24FN3O2. The first-order valence-electron chi connectivity index (χ1n) is 9.67. The minimum absolute atomic E-state index is 0.0153. The van der Waals surface area contributed by atoms with Gasteiger partial charge in [0.1, 0.15) is 12.4 Å². The number of amides is 1. The summed E-state index contributed by atoms with van der Waals surface area (Å²) in [6.07, 6.45) is 8.17. The topological polar surface area (TPSA) is 64.0 Å². The van der Waals surface area contributed by atoms with Crippen LogP contribution in [0.5, 0.6) is 0 Å². The van der Waals surface area contributed by atoms with Crippen molar-refractivity contribution in [1.82, 2.24) is 14.9 Å². The number of hydrogen-bond acceptors (Lipinski definition) is 3. The van der Waals surface area contributed by atoms with Crippen LogP contribution in [-0.4, -0.2) is 22.0 Å². The van der Waals surface area contributed by atoms with Gasteiger partial charge in [-0.05, 0) is 49.8 Å². The van der Waals surface area contributed by atoms with E-state index >= 15 is 0 Å². The highest BCUT2D eigenvalue weighted by atomic mass is 19.1. The monoisotopic (exact) mass is 369 g/mol. The van der Waals surface area contributed by atoms with E-state index in [0.717, 1.165) is 61.8 Å². The first-order valence-corrected chi connectivity index (χ1v) is 9.67. The molecule has 1 fully saturated rings. The van der Waals surface area contributed by atoms with E-state index in [-0.39, 0.29) is 29.2 Å². The molecule has 27 heavy (non-hydrogen) atoms. The van der Waals surface area contributed by atoms with Gasteiger partial charge in [-0.2, -0.15) is 0 Å². The number of nitrogens with one attached hydrogen (secondary N) is 1. The van der Waals surface area contributed by atoms with Crippen molar-refractivity contribution < 1.29 is 9.18 Å². The molecule has 0 radical (unpaired) electrons. The molecule has 1 amide bonds. The van der Waals surface area contributed by atoms with Crippen molar-refractivity contribution >= 4 is 5.91 Å². The number of carbonyl (C=O) groups is 1. The fourth-order valence-corrected chi connectivity index (χ4v) is 4.48. The van der Waals surface area contributed by atoms with Crippen LogP contribution in [0.25, 0.3) is 0 Å². The van der Waals surface area contributed by atoms with Crippen LogP contribution in [0.4, 0.5) is 4.39 Å². The van der Waals surface area contributed by atoms with E-state index in [1.165, 1.54) is 23.0 Å². The second-order valence-corrected chi connectivity index (χ2v) is 7.73. The van der Waals surface area contributed by atoms with E-state index in [2.05, 4.69) is 10.3 Å². The van der Waals surface area contributed by atoms with Gasteiger partial charge in [0.25, 0.3) is 5.56 Å². The Morgan fingerprint density at radius 2 is 1.89 bits per heavy atom. The molecule has 1 aromatic carbocycles. The van der Waals surface area contributed by atoms with Crippen LogP contribution < -0.4 is 10.9 Å². The van der Waals surface area contributed by atoms with Crippen LogP contribution in [0, 0.1) is 5.82 Å². The number of carbonyl (C=O) groups excluding carboxylic acids is 1. The number of hydrogen-bond donors (Lipinski definition) is 1. The summed E-state index contributed by atoms with van der Waals surface area (Å²) >= 11 is 0. The number of benzene rings is 1. The van der Waals surface area contributed by atoms with Crippen molar-refractivity contribution in [2.75, 3.05) is 6.54 Å². The molecule has 0 aliphatic heterocycles. The molecule has 1 heterocycles. The zero-order valence-electron chi connectivity index (χ0n) is 15.3. The Morgan fingerprint density at radius 3 is 2.63 bits per heavy atom. The standard InChI is InChI=1S/C21H24FN3O2/c22-16-8-6-15(7-9-16)21(10-1-2-11-21)13-23-19(26)12-25-14-24-18-5-3-4-17(18)20(25)27/h6-9,14H,1-5,10-13H2,(H,23,26). The van der Waals surface area contributed by atoms with E-state index in [4.69, 9.17) is 0 Å². The predicted octanol–water partition coefficient (Wildman–Crippen LogP) is 2.50. The van der Waals surface area contributed by atoms with Gasteiger partial charge in [0.15, 0.2) is 0 Å². The van der Waals surface area contributed by atoms with Gasteiger partial charge in [0.2, 0.25) is 5.91 Å². The van der Waals surface area contributed by atoms with E-state index in [1.54, 1.807) is 0 Å². The Kier molecular flexibility index (Phi) is 4.81. The summed E-state index contributed by atoms with van der Waals surface area (Å²) in [5, 5.41) is 3.00. The molecule has 2 aliphatic carbocycles. The Hall–Kier alpha value is -2.50. The molecule has 2 aliphatic rings. The number of aromatic nitrogens is 2. The first kappa shape index (κ1) is 17.9. The smallest absolute Gasteiger partial charge is 0.257 e. The highest BCUT2D eigenvalue weighted by Gasteiger charge is 2.36. The van der Waals surface area contributed by atoms with Gasteiger partial charge in [-0.3, -0.25) is 14.2 Å². The summed E-state index contributed by atoms with van der Waals surface area (Å²) in [6.45, 7) is 0.489. The molecule has 0 bridgehead atoms. The van der Waals surface area contributed by atoms with Crippen LogP contribution in [-0.2, 0) is 29.6 Å². The van der Waals surface area contributed by atoms with Crippen molar-refractivity contribution in [3.8, 4) is 0 Å². The van der Waals surface area contributed by atoms with Crippen molar-refractivity contribution in [3.05, 3.63) is 63.6 Å². The number of nitrogens with zero attached hydrogens (tertiary/aromatic N) is 2. The fourth-order valence-electron chi connectivity index (χ4n) is 4.48. The molecule has 0 atom stereocenters. The molecule has 2 aromatic rings. The van der Waals surface area contributed by atoms with Crippen LogP contribution in [0.2, 0.25) is 0 Å². The van der Waals surface area contributed by atoms with Crippen molar-refractivity contribution in [2.24, 2.45) is 0 Å². The minimum atomic E-state index is -0.251. The quantitative estimate of drug-likeness (QED) is 0.881. The summed E-state index contributed by atoms with van der Waals surface area (Å²) in [4.78, 5) is 29.3. The Labute approximate surface area is 157 Å². The van der Waals surface area contributed by atoms with Crippen LogP contribution in [0.15, 0.2) is 35.4 Å². The van der Waals surface area contributed by atoms with E-state index in [9.17, 15) is 14.0 Å². The van der Waals surface area contributed by atoms with Gasteiger partial charge in [-0.1, -0.05) is 25.0 Å². The number of halogens is 1. The van der Waals surface area contributed by atoms with Crippen molar-refractivity contribution in [3.63, 3.8) is 0 Å². The minimum Gasteiger partial charge on any atom is -0.354 e. The Bertz CT molecular complexity index is 899. The van der Waals surface area contributed by atoms with Crippen LogP contribution in [0.3, 0.4) is 0 Å². The highest BCUT2D eigenvalue weighted by molar-refractivity contribution is 5.75. The third-order valence-electron chi connectivity index (χ3n) is 6.02. The van der Waals surface area contributed by atoms with E-state index in [0.29, 0.717) is 6.54 Å². The molecule has 142 valence electrons. The van der Waals surface area contributed by atoms with E-state index in [1.807, 2.05) is 12.1 Å². The fraction of sp³-hybridized carbons (Fsp3) is 0.476. The zero-order valence-corrected chi connectivity index (χ0v) is 15.3. The number of aryl methyl sites for hydroxylation is 1. The third kappa shape index (κ3) is 3.53. The second-order valence-electron chi connectivity index (χ2n) is 7.73. The number of fused-ring (bicyclic) bond motifs is 1. The SMILES string of the molecule is O=C(Cn1cnc2c(c1=O)CCC2)NCC1(c2ccc(F)cc2)CCCC1. The summed E-state index contributed by atoms with van der Waals surface area (Å²) in [5.74, 6) is -0.440. The van der Waals surface area contributed by atoms with Gasteiger partial charge in [-0.15, -0.1) is 0 Å². The molecule has 6 heteroatoms. The summed E-state index contributed by atoms with van der Waals surface area (Å²) in [6, 6.07) is 6.60. The lowest BCUT2D eigenvalue weighted by molar-refractivity contribution is -0.122. The molecule has 0 saturated heterocycles. The second kappa shape index (κ2) is 7.25. The Morgan fingerprint density at radius 1 is 1.15 bits per heavy atom. The summed E-state index contributed by atoms with van der Waals surface area (Å²) in [5.41, 5.74) is 2.45. The molecule has 1 saturated carbocycles. The summed E-state index contributed by atoms with van der Waals surface area (Å²) < 4.78 is 14.7. The lowest BCUT2D eigenvalue weighted by Gasteiger charge is -2.30. The first-order chi connectivity index (χ1) is 13.1. The number of rotatable bonds is 5. The van der Waals surface area contributed by atoms with Gasteiger partial charge in [0, 0.05) is 17.5 Å². The van der Waals surface area contributed by atoms with Crippen molar-refractivity contribution in [1.29, 1.82) is 0 Å². The largest absolute Gasteiger partial charge is 0.354 e. The van der Waals surface area contributed by atoms with Crippen LogP contribution in [0.1, 0.15) is 48.9 Å². The highest BCUT2D eigenvalue weighted by Crippen LogP contribution is 2.40. The van der Waals surface area contributed by atoms with Gasteiger partial charge in [0.05, 0.1) is 12.0 Å². The normalized spacial score (nSPS) is 17.7. The van der Waals surface area contributed by atoms with E-state index < -0.39 is 0 Å². The maximum Gasteiger partial charge on any atom is 0.257 e. The van der Waals surface area contributed by atoms with Gasteiger partial charge in [-0.25, -0.2) is 9.37 Å². The molecule has 0 spiro atoms. The Balaban J connectivity index is 1.45. The molecular weight excluding hydrogens is 345 g/mol. The molecule has 0 unspecified atom stereocenters. The summed E-state index contributed by atoms with van der Waals surface area (Å²) in [7, 11) is 0. The predicted molar refractivity (Wildman–Crippen MR) is 100 cm³/mol. The maximum absolute atomic E-state index is 13.3. The molecule has 1 aromatic heterocycles. The average molecular weight is 369 g/mol. The lowest BCUT2D eigenvalue weighted by Crippen LogP contribution is -2.41. The average Bonchev–Trinajstić information content (AvgIpc) is 3.33. The molecule has 1 N–H and O–H groups in total. The van der Waals surface area contributed by atoms with Crippen LogP contribution >= 0.6 is 0 Å². The molecule has 4 rings (SSSR count). The van der Waals surface area contributed by atoms with Crippen molar-refractivity contribution in [2.45, 2.75) is 56.9 Å². The zero-order chi connectivity index (χ0) is 18.9. The van der Waals surface area contributed by atoms with Gasteiger partial charge >= 0.3 is 0 Å². The third-order valence-corrected chi connectivity index (χ3v) is 6.02. The lowest BCUT2D eigenvalue weighted by atomic mass is 9.79. The maximum atomic E-state index is 13.3. The van der Waals surface area contributed by atoms with Gasteiger partial charge < -0.3 is 5.32 Å². The molecule has 5 nitrogen and oxygen atoms in total.